The van der Waals surface area contributed by atoms with Crippen LogP contribution in [0.2, 0.25) is 0 Å². The molecule has 380 valence electrons. The van der Waals surface area contributed by atoms with Crippen LogP contribution in [0.4, 0.5) is 0 Å². The Morgan fingerprint density at radius 1 is 0.308 bits per heavy atom. The first-order chi connectivity index (χ1) is 32.0. The lowest BCUT2D eigenvalue weighted by atomic mass is 10.0. The molecule has 0 aromatic rings. The van der Waals surface area contributed by atoms with Gasteiger partial charge < -0.3 is 14.2 Å². The number of carbonyl (C=O) groups is 3. The van der Waals surface area contributed by atoms with Crippen molar-refractivity contribution in [2.75, 3.05) is 13.2 Å². The largest absolute Gasteiger partial charge is 0.462 e. The molecule has 0 bridgehead atoms. The highest BCUT2D eigenvalue weighted by Gasteiger charge is 2.19. The van der Waals surface area contributed by atoms with Crippen molar-refractivity contribution in [1.82, 2.24) is 0 Å². The van der Waals surface area contributed by atoms with Gasteiger partial charge in [-0.1, -0.05) is 250 Å². The molecule has 0 saturated carbocycles. The first-order valence-corrected chi connectivity index (χ1v) is 28.5. The molecule has 0 aliphatic rings. The predicted octanol–water partition coefficient (Wildman–Crippen LogP) is 18.9. The van der Waals surface area contributed by atoms with Crippen LogP contribution in [0.25, 0.3) is 0 Å². The summed E-state index contributed by atoms with van der Waals surface area (Å²) in [6.45, 7) is 6.64. The normalized spacial score (nSPS) is 12.2. The highest BCUT2D eigenvalue weighted by Crippen LogP contribution is 2.16. The van der Waals surface area contributed by atoms with Crippen molar-refractivity contribution in [3.8, 4) is 0 Å². The topological polar surface area (TPSA) is 78.9 Å². The van der Waals surface area contributed by atoms with E-state index in [-0.39, 0.29) is 31.1 Å². The summed E-state index contributed by atoms with van der Waals surface area (Å²) in [4.78, 5) is 38.1. The molecule has 1 atom stereocenters. The smallest absolute Gasteiger partial charge is 0.306 e. The van der Waals surface area contributed by atoms with Crippen LogP contribution in [0.5, 0.6) is 0 Å². The van der Waals surface area contributed by atoms with Gasteiger partial charge in [-0.25, -0.2) is 0 Å². The summed E-state index contributed by atoms with van der Waals surface area (Å²) in [6, 6.07) is 0. The standard InChI is InChI=1S/C59H108O6/c1-4-7-10-13-16-19-22-25-28-29-30-32-34-37-40-43-46-49-52-58(61)64-55-56(54-63-57(60)51-48-45-42-39-36-33-27-24-21-18-15-12-9-6-3)65-59(62)53-50-47-44-41-38-35-31-26-23-20-17-14-11-8-5-2/h28-30,32-33,36,56H,4-27,31,34-35,37-55H2,1-3H3/b29-28-,32-30-,36-33-. The van der Waals surface area contributed by atoms with Crippen LogP contribution in [-0.4, -0.2) is 37.2 Å². The predicted molar refractivity (Wildman–Crippen MR) is 279 cm³/mol. The maximum Gasteiger partial charge on any atom is 0.306 e. The summed E-state index contributed by atoms with van der Waals surface area (Å²) in [6.07, 6.45) is 64.2. The molecule has 0 aromatic carbocycles. The minimum Gasteiger partial charge on any atom is -0.462 e. The summed E-state index contributed by atoms with van der Waals surface area (Å²) >= 11 is 0. The van der Waals surface area contributed by atoms with Crippen LogP contribution in [-0.2, 0) is 28.6 Å². The molecular formula is C59H108O6. The Kier molecular flexibility index (Phi) is 52.3. The molecule has 0 radical (unpaired) electrons. The zero-order chi connectivity index (χ0) is 47.2. The Balaban J connectivity index is 4.38. The van der Waals surface area contributed by atoms with Crippen LogP contribution in [0.3, 0.4) is 0 Å². The van der Waals surface area contributed by atoms with E-state index in [1.807, 2.05) is 0 Å². The number of esters is 3. The molecule has 0 spiro atoms. The third-order valence-electron chi connectivity index (χ3n) is 12.6. The van der Waals surface area contributed by atoms with Crippen LogP contribution in [0, 0.1) is 0 Å². The molecule has 0 amide bonds. The molecule has 0 saturated heterocycles. The molecule has 0 heterocycles. The van der Waals surface area contributed by atoms with Gasteiger partial charge in [0.25, 0.3) is 0 Å². The van der Waals surface area contributed by atoms with E-state index in [1.54, 1.807) is 0 Å². The lowest BCUT2D eigenvalue weighted by Crippen LogP contribution is -2.30. The first-order valence-electron chi connectivity index (χ1n) is 28.5. The molecule has 6 heteroatoms. The third kappa shape index (κ3) is 52.5. The van der Waals surface area contributed by atoms with Crippen LogP contribution in [0.1, 0.15) is 303 Å². The Bertz CT molecular complexity index is 1090. The maximum atomic E-state index is 12.8. The number of ether oxygens (including phenoxy) is 3. The zero-order valence-electron chi connectivity index (χ0n) is 43.5. The van der Waals surface area contributed by atoms with Gasteiger partial charge in [0.05, 0.1) is 0 Å². The highest BCUT2D eigenvalue weighted by molar-refractivity contribution is 5.71. The summed E-state index contributed by atoms with van der Waals surface area (Å²) in [5, 5.41) is 0. The van der Waals surface area contributed by atoms with Crippen molar-refractivity contribution in [2.24, 2.45) is 0 Å². The third-order valence-corrected chi connectivity index (χ3v) is 12.6. The quantitative estimate of drug-likeness (QED) is 0.0199. The minimum atomic E-state index is -0.781. The molecule has 0 rings (SSSR count). The molecule has 6 nitrogen and oxygen atoms in total. The molecule has 0 N–H and O–H groups in total. The van der Waals surface area contributed by atoms with Gasteiger partial charge in [0.1, 0.15) is 13.2 Å². The average Bonchev–Trinajstić information content (AvgIpc) is 3.30. The number of carbonyl (C=O) groups excluding carboxylic acids is 3. The number of allylic oxidation sites excluding steroid dienone is 6. The van der Waals surface area contributed by atoms with E-state index in [2.05, 4.69) is 57.2 Å². The van der Waals surface area contributed by atoms with Gasteiger partial charge in [-0.2, -0.15) is 0 Å². The van der Waals surface area contributed by atoms with Crippen molar-refractivity contribution in [1.29, 1.82) is 0 Å². The van der Waals surface area contributed by atoms with Crippen LogP contribution < -0.4 is 0 Å². The van der Waals surface area contributed by atoms with E-state index in [1.165, 1.54) is 173 Å². The number of rotatable bonds is 52. The van der Waals surface area contributed by atoms with Crippen LogP contribution in [0.15, 0.2) is 36.5 Å². The molecule has 0 aliphatic carbocycles. The zero-order valence-corrected chi connectivity index (χ0v) is 43.5. The number of hydrogen-bond donors (Lipinski definition) is 0. The minimum absolute atomic E-state index is 0.0816. The second-order valence-corrected chi connectivity index (χ2v) is 19.2. The van der Waals surface area contributed by atoms with E-state index in [4.69, 9.17) is 14.2 Å². The second-order valence-electron chi connectivity index (χ2n) is 19.2. The maximum absolute atomic E-state index is 12.8. The van der Waals surface area contributed by atoms with E-state index < -0.39 is 6.10 Å². The van der Waals surface area contributed by atoms with Gasteiger partial charge in [0.2, 0.25) is 0 Å². The van der Waals surface area contributed by atoms with Gasteiger partial charge in [-0.15, -0.1) is 0 Å². The monoisotopic (exact) mass is 913 g/mol. The van der Waals surface area contributed by atoms with Gasteiger partial charge in [-0.05, 0) is 70.6 Å². The van der Waals surface area contributed by atoms with Crippen LogP contribution >= 0.6 is 0 Å². The van der Waals surface area contributed by atoms with Gasteiger partial charge in [0, 0.05) is 19.3 Å². The fourth-order valence-electron chi connectivity index (χ4n) is 8.31. The lowest BCUT2D eigenvalue weighted by Gasteiger charge is -2.18. The second kappa shape index (κ2) is 54.2. The molecule has 0 aliphatic heterocycles. The van der Waals surface area contributed by atoms with Gasteiger partial charge in [0.15, 0.2) is 6.10 Å². The fraction of sp³-hybridized carbons (Fsp3) is 0.847. The number of hydrogen-bond acceptors (Lipinski definition) is 6. The van der Waals surface area contributed by atoms with Crippen molar-refractivity contribution < 1.29 is 28.6 Å². The SMILES string of the molecule is CCCCCCCCC/C=C\C=C/CCCCCCCC(=O)OCC(COC(=O)CCCCC/C=C\CCCCCCCCC)OC(=O)CCCCCCCCCCCCCCCCC. The fourth-order valence-corrected chi connectivity index (χ4v) is 8.31. The van der Waals surface area contributed by atoms with Crippen molar-refractivity contribution in [2.45, 2.75) is 309 Å². The molecule has 1 unspecified atom stereocenters. The van der Waals surface area contributed by atoms with Gasteiger partial charge >= 0.3 is 17.9 Å². The van der Waals surface area contributed by atoms with E-state index >= 15 is 0 Å². The first kappa shape index (κ1) is 62.6. The average molecular weight is 914 g/mol. The molecule has 65 heavy (non-hydrogen) atoms. The lowest BCUT2D eigenvalue weighted by molar-refractivity contribution is -0.167. The summed E-state index contributed by atoms with van der Waals surface area (Å²) in [5.74, 6) is -0.895. The molecule has 0 fully saturated rings. The van der Waals surface area contributed by atoms with Crippen molar-refractivity contribution >= 4 is 17.9 Å². The Hall–Kier alpha value is -2.37. The van der Waals surface area contributed by atoms with Crippen molar-refractivity contribution in [3.05, 3.63) is 36.5 Å². The van der Waals surface area contributed by atoms with E-state index in [0.717, 1.165) is 89.9 Å². The summed E-state index contributed by atoms with van der Waals surface area (Å²) in [5.41, 5.74) is 0. The van der Waals surface area contributed by atoms with Gasteiger partial charge in [-0.3, -0.25) is 14.4 Å². The Labute approximate surface area is 404 Å². The Morgan fingerprint density at radius 3 is 0.877 bits per heavy atom. The van der Waals surface area contributed by atoms with E-state index in [9.17, 15) is 14.4 Å². The Morgan fingerprint density at radius 2 is 0.554 bits per heavy atom. The molecular weight excluding hydrogens is 805 g/mol. The van der Waals surface area contributed by atoms with E-state index in [0.29, 0.717) is 19.3 Å². The van der Waals surface area contributed by atoms with Crippen molar-refractivity contribution in [3.63, 3.8) is 0 Å². The number of unbranched alkanes of at least 4 members (excludes halogenated alkanes) is 36. The summed E-state index contributed by atoms with van der Waals surface area (Å²) < 4.78 is 16.8. The highest BCUT2D eigenvalue weighted by atomic mass is 16.6. The summed E-state index contributed by atoms with van der Waals surface area (Å²) in [7, 11) is 0. The molecule has 0 aromatic heterocycles.